The summed E-state index contributed by atoms with van der Waals surface area (Å²) in [4.78, 5) is 6.72. The van der Waals surface area contributed by atoms with Gasteiger partial charge in [0, 0.05) is 19.2 Å². The monoisotopic (exact) mass is 235 g/mol. The van der Waals surface area contributed by atoms with Crippen LogP contribution in [0.25, 0.3) is 0 Å². The van der Waals surface area contributed by atoms with E-state index in [-0.39, 0.29) is 0 Å². The summed E-state index contributed by atoms with van der Waals surface area (Å²) >= 11 is 0. The van der Waals surface area contributed by atoms with Gasteiger partial charge in [0.15, 0.2) is 0 Å². The topological polar surface area (TPSA) is 37.4 Å². The van der Waals surface area contributed by atoms with Crippen molar-refractivity contribution in [2.45, 2.75) is 19.8 Å². The van der Waals surface area contributed by atoms with Gasteiger partial charge in [0.2, 0.25) is 5.88 Å². The molecule has 4 heteroatoms. The quantitative estimate of drug-likeness (QED) is 0.818. The summed E-state index contributed by atoms with van der Waals surface area (Å²) < 4.78 is 5.30. The van der Waals surface area contributed by atoms with Gasteiger partial charge in [0.25, 0.3) is 0 Å². The number of nitrogens with zero attached hydrogens (tertiary/aromatic N) is 2. The number of likely N-dealkylation sites (tertiary alicyclic amines) is 1. The maximum atomic E-state index is 5.30. The number of nitrogens with one attached hydrogen (secondary N) is 1. The number of rotatable bonds is 6. The van der Waals surface area contributed by atoms with Crippen molar-refractivity contribution in [2.75, 3.05) is 38.1 Å². The van der Waals surface area contributed by atoms with Crippen molar-refractivity contribution in [2.24, 2.45) is 0 Å². The predicted molar refractivity (Wildman–Crippen MR) is 69.6 cm³/mol. The third-order valence-corrected chi connectivity index (χ3v) is 2.98. The zero-order valence-electron chi connectivity index (χ0n) is 10.5. The normalized spacial score (nSPS) is 16.1. The summed E-state index contributed by atoms with van der Waals surface area (Å²) in [5.41, 5.74) is 1.06. The Kier molecular flexibility index (Phi) is 4.62. The lowest BCUT2D eigenvalue weighted by Crippen LogP contribution is -2.25. The van der Waals surface area contributed by atoms with Crippen LogP contribution in [0, 0.1) is 0 Å². The molecule has 0 aromatic carbocycles. The van der Waals surface area contributed by atoms with E-state index in [0.29, 0.717) is 12.5 Å². The summed E-state index contributed by atoms with van der Waals surface area (Å²) in [6, 6.07) is 3.92. The first kappa shape index (κ1) is 12.2. The highest BCUT2D eigenvalue weighted by molar-refractivity contribution is 5.41. The van der Waals surface area contributed by atoms with Gasteiger partial charge in [-0.15, -0.1) is 0 Å². The van der Waals surface area contributed by atoms with Gasteiger partial charge in [0.05, 0.1) is 18.5 Å². The van der Waals surface area contributed by atoms with Gasteiger partial charge in [-0.25, -0.2) is 4.98 Å². The second-order valence-corrected chi connectivity index (χ2v) is 4.29. The van der Waals surface area contributed by atoms with Crippen molar-refractivity contribution in [3.05, 3.63) is 18.3 Å². The number of pyridine rings is 1. The highest BCUT2D eigenvalue weighted by Gasteiger charge is 2.09. The molecular formula is C13H21N3O. The van der Waals surface area contributed by atoms with E-state index in [1.807, 2.05) is 25.3 Å². The molecule has 0 unspecified atom stereocenters. The summed E-state index contributed by atoms with van der Waals surface area (Å²) in [6.07, 6.45) is 4.53. The molecule has 4 nitrogen and oxygen atoms in total. The van der Waals surface area contributed by atoms with E-state index in [1.165, 1.54) is 25.9 Å². The molecule has 0 saturated carbocycles. The molecule has 0 bridgehead atoms. The van der Waals surface area contributed by atoms with Gasteiger partial charge in [-0.2, -0.15) is 0 Å². The second kappa shape index (κ2) is 6.45. The molecule has 0 atom stereocenters. The van der Waals surface area contributed by atoms with E-state index in [1.54, 1.807) is 0 Å². The lowest BCUT2D eigenvalue weighted by Gasteiger charge is -2.15. The Hall–Kier alpha value is -1.29. The van der Waals surface area contributed by atoms with Crippen molar-refractivity contribution < 1.29 is 4.74 Å². The van der Waals surface area contributed by atoms with Crippen LogP contribution < -0.4 is 10.1 Å². The van der Waals surface area contributed by atoms with Gasteiger partial charge in [-0.05, 0) is 38.9 Å². The van der Waals surface area contributed by atoms with Crippen LogP contribution in [0.5, 0.6) is 5.88 Å². The van der Waals surface area contributed by atoms with Gasteiger partial charge >= 0.3 is 0 Å². The summed E-state index contributed by atoms with van der Waals surface area (Å²) in [5, 5.41) is 3.38. The fourth-order valence-corrected chi connectivity index (χ4v) is 2.08. The fourth-order valence-electron chi connectivity index (χ4n) is 2.08. The largest absolute Gasteiger partial charge is 0.478 e. The minimum Gasteiger partial charge on any atom is -0.478 e. The number of aromatic nitrogens is 1. The standard InChI is InChI=1S/C13H21N3O/c1-2-17-13-6-5-12(11-15-13)14-7-10-16-8-3-4-9-16/h5-6,11,14H,2-4,7-10H2,1H3. The van der Waals surface area contributed by atoms with Crippen LogP contribution in [-0.2, 0) is 0 Å². The molecule has 2 rings (SSSR count). The SMILES string of the molecule is CCOc1ccc(NCCN2CCCC2)cn1. The molecule has 2 heterocycles. The second-order valence-electron chi connectivity index (χ2n) is 4.29. The third-order valence-electron chi connectivity index (χ3n) is 2.98. The van der Waals surface area contributed by atoms with Gasteiger partial charge in [-0.1, -0.05) is 0 Å². The Morgan fingerprint density at radius 2 is 2.18 bits per heavy atom. The third kappa shape index (κ3) is 3.89. The first-order chi connectivity index (χ1) is 8.38. The van der Waals surface area contributed by atoms with Crippen molar-refractivity contribution in [3.8, 4) is 5.88 Å². The molecule has 1 saturated heterocycles. The van der Waals surface area contributed by atoms with Crippen molar-refractivity contribution in [3.63, 3.8) is 0 Å². The van der Waals surface area contributed by atoms with Crippen LogP contribution in [-0.4, -0.2) is 42.7 Å². The highest BCUT2D eigenvalue weighted by Crippen LogP contribution is 2.11. The van der Waals surface area contributed by atoms with Crippen LogP contribution >= 0.6 is 0 Å². The maximum absolute atomic E-state index is 5.30. The highest BCUT2D eigenvalue weighted by atomic mass is 16.5. The van der Waals surface area contributed by atoms with Crippen molar-refractivity contribution in [1.29, 1.82) is 0 Å². The van der Waals surface area contributed by atoms with Crippen LogP contribution in [0.2, 0.25) is 0 Å². The Morgan fingerprint density at radius 1 is 1.35 bits per heavy atom. The van der Waals surface area contributed by atoms with E-state index in [0.717, 1.165) is 18.8 Å². The summed E-state index contributed by atoms with van der Waals surface area (Å²) in [7, 11) is 0. The molecule has 17 heavy (non-hydrogen) atoms. The van der Waals surface area contributed by atoms with E-state index in [2.05, 4.69) is 15.2 Å². The molecular weight excluding hydrogens is 214 g/mol. The number of anilines is 1. The number of ether oxygens (including phenoxy) is 1. The molecule has 1 aliphatic heterocycles. The zero-order valence-corrected chi connectivity index (χ0v) is 10.5. The maximum Gasteiger partial charge on any atom is 0.213 e. The molecule has 94 valence electrons. The van der Waals surface area contributed by atoms with E-state index >= 15 is 0 Å². The Bertz CT molecular complexity index is 320. The molecule has 0 amide bonds. The Labute approximate surface area is 103 Å². The van der Waals surface area contributed by atoms with Gasteiger partial charge in [-0.3, -0.25) is 0 Å². The summed E-state index contributed by atoms with van der Waals surface area (Å²) in [5.74, 6) is 0.692. The lowest BCUT2D eigenvalue weighted by atomic mass is 10.4. The van der Waals surface area contributed by atoms with Crippen molar-refractivity contribution >= 4 is 5.69 Å². The van der Waals surface area contributed by atoms with E-state index in [9.17, 15) is 0 Å². The molecule has 1 fully saturated rings. The Balaban J connectivity index is 1.70. The molecule has 0 aliphatic carbocycles. The molecule has 1 aromatic heterocycles. The van der Waals surface area contributed by atoms with Crippen LogP contribution in [0.3, 0.4) is 0 Å². The molecule has 1 aliphatic rings. The van der Waals surface area contributed by atoms with Crippen molar-refractivity contribution in [1.82, 2.24) is 9.88 Å². The fraction of sp³-hybridized carbons (Fsp3) is 0.615. The van der Waals surface area contributed by atoms with Crippen LogP contribution in [0.15, 0.2) is 18.3 Å². The average Bonchev–Trinajstić information content (AvgIpc) is 2.85. The lowest BCUT2D eigenvalue weighted by molar-refractivity contribution is 0.327. The predicted octanol–water partition coefficient (Wildman–Crippen LogP) is 1.99. The molecule has 1 aromatic rings. The van der Waals surface area contributed by atoms with Crippen LogP contribution in [0.1, 0.15) is 19.8 Å². The van der Waals surface area contributed by atoms with E-state index < -0.39 is 0 Å². The Morgan fingerprint density at radius 3 is 2.82 bits per heavy atom. The van der Waals surface area contributed by atoms with E-state index in [4.69, 9.17) is 4.74 Å². The first-order valence-corrected chi connectivity index (χ1v) is 6.43. The molecule has 1 N–H and O–H groups in total. The first-order valence-electron chi connectivity index (χ1n) is 6.43. The smallest absolute Gasteiger partial charge is 0.213 e. The number of hydrogen-bond acceptors (Lipinski definition) is 4. The van der Waals surface area contributed by atoms with Crippen LogP contribution in [0.4, 0.5) is 5.69 Å². The summed E-state index contributed by atoms with van der Waals surface area (Å²) in [6.45, 7) is 7.23. The van der Waals surface area contributed by atoms with Gasteiger partial charge in [0.1, 0.15) is 0 Å². The minimum atomic E-state index is 0.661. The molecule has 0 spiro atoms. The minimum absolute atomic E-state index is 0.661. The average molecular weight is 235 g/mol. The number of hydrogen-bond donors (Lipinski definition) is 1. The zero-order chi connectivity index (χ0) is 11.9. The molecule has 0 radical (unpaired) electrons. The van der Waals surface area contributed by atoms with Gasteiger partial charge < -0.3 is 15.0 Å².